The summed E-state index contributed by atoms with van der Waals surface area (Å²) in [6.45, 7) is 0. The van der Waals surface area contributed by atoms with Crippen LogP contribution in [0.4, 0.5) is 17.1 Å². The fraction of sp³-hybridized carbons (Fsp3) is 0. The van der Waals surface area contributed by atoms with Crippen LogP contribution in [-0.4, -0.2) is 14.8 Å². The van der Waals surface area contributed by atoms with Crippen LogP contribution in [0, 0.1) is 20.2 Å². The second kappa shape index (κ2) is 4.69. The zero-order valence-corrected chi connectivity index (χ0v) is 9.52. The molecular formula is C11H8N4O4. The molecule has 0 bridgehead atoms. The predicted molar refractivity (Wildman–Crippen MR) is 67.4 cm³/mol. The molecule has 0 saturated carbocycles. The van der Waals surface area contributed by atoms with Crippen molar-refractivity contribution in [3.8, 4) is 11.1 Å². The van der Waals surface area contributed by atoms with E-state index in [9.17, 15) is 20.2 Å². The molecule has 0 saturated heterocycles. The summed E-state index contributed by atoms with van der Waals surface area (Å²) in [5.74, 6) is 0. The first-order valence-corrected chi connectivity index (χ1v) is 5.13. The van der Waals surface area contributed by atoms with E-state index in [0.29, 0.717) is 11.1 Å². The van der Waals surface area contributed by atoms with Crippen LogP contribution in [-0.2, 0) is 0 Å². The van der Waals surface area contributed by atoms with E-state index in [2.05, 4.69) is 4.98 Å². The van der Waals surface area contributed by atoms with Crippen molar-refractivity contribution in [3.63, 3.8) is 0 Å². The molecule has 0 atom stereocenters. The molecule has 0 unspecified atom stereocenters. The Balaban J connectivity index is 2.70. The Kier molecular flexibility index (Phi) is 3.06. The predicted octanol–water partition coefficient (Wildman–Crippen LogP) is 2.15. The van der Waals surface area contributed by atoms with Gasteiger partial charge in [-0.3, -0.25) is 25.2 Å². The molecule has 0 spiro atoms. The third-order valence-electron chi connectivity index (χ3n) is 2.52. The number of anilines is 1. The quantitative estimate of drug-likeness (QED) is 0.512. The molecule has 0 radical (unpaired) electrons. The highest BCUT2D eigenvalue weighted by Crippen LogP contribution is 2.36. The van der Waals surface area contributed by atoms with Gasteiger partial charge in [0, 0.05) is 30.1 Å². The summed E-state index contributed by atoms with van der Waals surface area (Å²) in [5.41, 5.74) is 4.85. The molecule has 0 aliphatic rings. The Bertz CT molecular complexity index is 622. The Morgan fingerprint density at radius 3 is 2.05 bits per heavy atom. The smallest absolute Gasteiger partial charge is 0.299 e. The topological polar surface area (TPSA) is 125 Å². The fourth-order valence-electron chi connectivity index (χ4n) is 1.63. The Hall–Kier alpha value is -3.03. The summed E-state index contributed by atoms with van der Waals surface area (Å²) < 4.78 is 0. The number of nitrogens with zero attached hydrogens (tertiary/aromatic N) is 3. The molecule has 1 heterocycles. The Morgan fingerprint density at radius 2 is 1.63 bits per heavy atom. The van der Waals surface area contributed by atoms with Gasteiger partial charge in [-0.15, -0.1) is 0 Å². The molecule has 2 rings (SSSR count). The van der Waals surface area contributed by atoms with Gasteiger partial charge in [0.1, 0.15) is 0 Å². The number of nitrogen functional groups attached to an aromatic ring is 1. The summed E-state index contributed by atoms with van der Waals surface area (Å²) in [7, 11) is 0. The molecule has 1 aromatic carbocycles. The average molecular weight is 260 g/mol. The number of pyridine rings is 1. The van der Waals surface area contributed by atoms with E-state index in [1.807, 2.05) is 0 Å². The van der Waals surface area contributed by atoms with Crippen molar-refractivity contribution in [2.24, 2.45) is 0 Å². The molecule has 0 aliphatic heterocycles. The third kappa shape index (κ3) is 2.32. The lowest BCUT2D eigenvalue weighted by atomic mass is 10.0. The van der Waals surface area contributed by atoms with Gasteiger partial charge < -0.3 is 5.73 Å². The molecule has 0 amide bonds. The minimum absolute atomic E-state index is 0.320. The van der Waals surface area contributed by atoms with E-state index in [1.165, 1.54) is 24.5 Å². The van der Waals surface area contributed by atoms with Gasteiger partial charge in [0.05, 0.1) is 9.85 Å². The fourth-order valence-corrected chi connectivity index (χ4v) is 1.63. The zero-order valence-electron chi connectivity index (χ0n) is 9.52. The van der Waals surface area contributed by atoms with E-state index in [0.717, 1.165) is 0 Å². The van der Waals surface area contributed by atoms with Gasteiger partial charge in [0.2, 0.25) is 0 Å². The van der Waals surface area contributed by atoms with Crippen LogP contribution < -0.4 is 5.73 Å². The molecule has 8 nitrogen and oxygen atoms in total. The molecule has 1 aromatic heterocycles. The summed E-state index contributed by atoms with van der Waals surface area (Å²) >= 11 is 0. The van der Waals surface area contributed by atoms with Gasteiger partial charge in [-0.25, -0.2) is 0 Å². The third-order valence-corrected chi connectivity index (χ3v) is 2.52. The number of hydrogen-bond acceptors (Lipinski definition) is 6. The van der Waals surface area contributed by atoms with Crippen LogP contribution in [0.5, 0.6) is 0 Å². The highest BCUT2D eigenvalue weighted by Gasteiger charge is 2.24. The summed E-state index contributed by atoms with van der Waals surface area (Å²) in [5, 5.41) is 21.7. The van der Waals surface area contributed by atoms with E-state index in [1.54, 1.807) is 12.1 Å². The lowest BCUT2D eigenvalue weighted by molar-refractivity contribution is -0.392. The van der Waals surface area contributed by atoms with Crippen molar-refractivity contribution >= 4 is 17.1 Å². The maximum Gasteiger partial charge on any atom is 0.299 e. The first-order valence-electron chi connectivity index (χ1n) is 5.13. The van der Waals surface area contributed by atoms with Gasteiger partial charge in [-0.05, 0) is 11.6 Å². The number of nitro groups is 2. The number of rotatable bonds is 3. The van der Waals surface area contributed by atoms with Crippen molar-refractivity contribution in [1.29, 1.82) is 0 Å². The lowest BCUT2D eigenvalue weighted by Gasteiger charge is -2.04. The van der Waals surface area contributed by atoms with Crippen molar-refractivity contribution in [3.05, 3.63) is 56.9 Å². The molecule has 0 fully saturated rings. The van der Waals surface area contributed by atoms with Gasteiger partial charge in [-0.1, -0.05) is 6.07 Å². The van der Waals surface area contributed by atoms with Crippen LogP contribution in [0.25, 0.3) is 11.1 Å². The number of nitro benzene ring substituents is 2. The maximum absolute atomic E-state index is 10.9. The lowest BCUT2D eigenvalue weighted by Crippen LogP contribution is -2.01. The average Bonchev–Trinajstić information content (AvgIpc) is 2.39. The largest absolute Gasteiger partial charge is 0.388 e. The van der Waals surface area contributed by atoms with Crippen molar-refractivity contribution in [2.75, 3.05) is 5.73 Å². The number of nitrogens with two attached hydrogens (primary N) is 1. The summed E-state index contributed by atoms with van der Waals surface area (Å²) in [6.07, 6.45) is 2.99. The van der Waals surface area contributed by atoms with Crippen LogP contribution in [0.1, 0.15) is 0 Å². The second-order valence-electron chi connectivity index (χ2n) is 3.68. The van der Waals surface area contributed by atoms with Gasteiger partial charge in [0.25, 0.3) is 11.4 Å². The van der Waals surface area contributed by atoms with Crippen LogP contribution in [0.3, 0.4) is 0 Å². The second-order valence-corrected chi connectivity index (χ2v) is 3.68. The molecular weight excluding hydrogens is 252 g/mol. The number of aromatic nitrogens is 1. The summed E-state index contributed by atoms with van der Waals surface area (Å²) in [6, 6.07) is 5.66. The Labute approximate surface area is 106 Å². The number of hydrogen-bond donors (Lipinski definition) is 1. The molecule has 2 N–H and O–H groups in total. The minimum Gasteiger partial charge on any atom is -0.388 e. The van der Waals surface area contributed by atoms with Crippen LogP contribution in [0.15, 0.2) is 36.7 Å². The molecule has 0 aliphatic carbocycles. The first-order chi connectivity index (χ1) is 9.00. The van der Waals surface area contributed by atoms with Crippen LogP contribution in [0.2, 0.25) is 0 Å². The number of benzene rings is 1. The normalized spacial score (nSPS) is 10.1. The molecule has 2 aromatic rings. The zero-order chi connectivity index (χ0) is 14.0. The van der Waals surface area contributed by atoms with E-state index >= 15 is 0 Å². The standard InChI is InChI=1S/C11H8N4O4/c12-11-9(14(16)17)4-8(5-10(11)15(18)19)7-2-1-3-13-6-7/h1-6H,12H2. The van der Waals surface area contributed by atoms with E-state index in [4.69, 9.17) is 5.73 Å². The van der Waals surface area contributed by atoms with Crippen molar-refractivity contribution in [1.82, 2.24) is 4.98 Å². The minimum atomic E-state index is -0.748. The highest BCUT2D eigenvalue weighted by molar-refractivity contribution is 5.79. The molecule has 19 heavy (non-hydrogen) atoms. The summed E-state index contributed by atoms with van der Waals surface area (Å²) in [4.78, 5) is 24.1. The molecule has 96 valence electrons. The first kappa shape index (κ1) is 12.4. The molecule has 8 heteroatoms. The van der Waals surface area contributed by atoms with Gasteiger partial charge in [0.15, 0.2) is 5.69 Å². The maximum atomic E-state index is 10.9. The van der Waals surface area contributed by atoms with Crippen molar-refractivity contribution in [2.45, 2.75) is 0 Å². The SMILES string of the molecule is Nc1c([N+](=O)[O-])cc(-c2cccnc2)cc1[N+](=O)[O-]. The highest BCUT2D eigenvalue weighted by atomic mass is 16.6. The van der Waals surface area contributed by atoms with Crippen molar-refractivity contribution < 1.29 is 9.85 Å². The van der Waals surface area contributed by atoms with Crippen LogP contribution >= 0.6 is 0 Å². The van der Waals surface area contributed by atoms with E-state index < -0.39 is 26.9 Å². The Morgan fingerprint density at radius 1 is 1.05 bits per heavy atom. The van der Waals surface area contributed by atoms with Gasteiger partial charge >= 0.3 is 0 Å². The monoisotopic (exact) mass is 260 g/mol. The van der Waals surface area contributed by atoms with E-state index in [-0.39, 0.29) is 0 Å². The van der Waals surface area contributed by atoms with Gasteiger partial charge in [-0.2, -0.15) is 0 Å².